The number of hydrogen-bond acceptors (Lipinski definition) is 2. The summed E-state index contributed by atoms with van der Waals surface area (Å²) >= 11 is 6.22. The molecule has 0 unspecified atom stereocenters. The number of carbonyl (C=O) groups excluding carboxylic acids is 2. The van der Waals surface area contributed by atoms with Crippen molar-refractivity contribution in [3.8, 4) is 0 Å². The fourth-order valence-corrected chi connectivity index (χ4v) is 4.37. The molecule has 5 nitrogen and oxygen atoms in total. The molecule has 6 heteroatoms. The number of halogens is 1. The zero-order chi connectivity index (χ0) is 17.6. The lowest BCUT2D eigenvalue weighted by Gasteiger charge is -2.35. The summed E-state index contributed by atoms with van der Waals surface area (Å²) in [5.74, 6) is 0.102. The van der Waals surface area contributed by atoms with Gasteiger partial charge in [-0.2, -0.15) is 0 Å². The Bertz CT molecular complexity index is 831. The summed E-state index contributed by atoms with van der Waals surface area (Å²) in [6.45, 7) is 3.99. The Morgan fingerprint density at radius 2 is 2.16 bits per heavy atom. The average Bonchev–Trinajstić information content (AvgIpc) is 2.86. The highest BCUT2D eigenvalue weighted by molar-refractivity contribution is 6.35. The molecule has 0 saturated carbocycles. The van der Waals surface area contributed by atoms with E-state index in [0.717, 1.165) is 36.7 Å². The molecule has 2 amide bonds. The predicted octanol–water partition coefficient (Wildman–Crippen LogP) is 3.29. The molecule has 0 aliphatic carbocycles. The summed E-state index contributed by atoms with van der Waals surface area (Å²) in [6.07, 6.45) is 2.81. The first-order valence-electron chi connectivity index (χ1n) is 8.95. The van der Waals surface area contributed by atoms with Gasteiger partial charge < -0.3 is 14.8 Å². The van der Waals surface area contributed by atoms with Crippen molar-refractivity contribution >= 4 is 34.3 Å². The first kappa shape index (κ1) is 16.5. The number of rotatable bonds is 3. The number of hydrogen-bond donors (Lipinski definition) is 1. The zero-order valence-electron chi connectivity index (χ0n) is 14.3. The molecule has 5 rings (SSSR count). The van der Waals surface area contributed by atoms with Crippen LogP contribution in [0.4, 0.5) is 0 Å². The number of nitrogens with zero attached hydrogens (tertiary/aromatic N) is 2. The number of nitrogens with one attached hydrogen (secondary N) is 1. The van der Waals surface area contributed by atoms with Gasteiger partial charge in [0.25, 0.3) is 5.91 Å². The summed E-state index contributed by atoms with van der Waals surface area (Å²) in [6, 6.07) is 7.56. The topological polar surface area (TPSA) is 56.4 Å². The summed E-state index contributed by atoms with van der Waals surface area (Å²) < 4.78 is 0. The number of benzene rings is 1. The van der Waals surface area contributed by atoms with Gasteiger partial charge in [0.2, 0.25) is 5.91 Å². The summed E-state index contributed by atoms with van der Waals surface area (Å²) in [5.41, 5.74) is 1.40. The van der Waals surface area contributed by atoms with Crippen LogP contribution in [0.5, 0.6) is 0 Å². The number of piperidine rings is 1. The maximum Gasteiger partial charge on any atom is 0.270 e. The molecule has 3 aliphatic rings. The first-order valence-corrected chi connectivity index (χ1v) is 9.33. The third-order valence-electron chi connectivity index (χ3n) is 5.39. The van der Waals surface area contributed by atoms with Crippen molar-refractivity contribution in [1.29, 1.82) is 0 Å². The van der Waals surface area contributed by atoms with Crippen molar-refractivity contribution < 1.29 is 9.59 Å². The van der Waals surface area contributed by atoms with Crippen LogP contribution in [0.1, 0.15) is 36.7 Å². The molecule has 3 fully saturated rings. The van der Waals surface area contributed by atoms with E-state index in [1.807, 2.05) is 34.1 Å². The van der Waals surface area contributed by atoms with E-state index in [9.17, 15) is 9.59 Å². The second-order valence-corrected chi connectivity index (χ2v) is 7.46. The molecule has 2 aromatic rings. The first-order chi connectivity index (χ1) is 12.1. The Morgan fingerprint density at radius 3 is 2.92 bits per heavy atom. The van der Waals surface area contributed by atoms with Crippen molar-refractivity contribution in [3.63, 3.8) is 0 Å². The van der Waals surface area contributed by atoms with Crippen LogP contribution in [0.3, 0.4) is 0 Å². The fraction of sp³-hybridized carbons (Fsp3) is 0.474. The minimum absolute atomic E-state index is 0.0460. The maximum absolute atomic E-state index is 13.0. The minimum atomic E-state index is -0.0674. The van der Waals surface area contributed by atoms with Gasteiger partial charge in [-0.05, 0) is 37.5 Å². The van der Waals surface area contributed by atoms with Crippen LogP contribution < -0.4 is 0 Å². The van der Waals surface area contributed by atoms with Crippen LogP contribution in [-0.2, 0) is 4.79 Å². The van der Waals surface area contributed by atoms with Gasteiger partial charge in [-0.15, -0.1) is 0 Å². The molecule has 2 atom stereocenters. The van der Waals surface area contributed by atoms with Crippen molar-refractivity contribution in [3.05, 3.63) is 35.0 Å². The highest BCUT2D eigenvalue weighted by Gasteiger charge is 2.41. The Balaban J connectivity index is 1.62. The van der Waals surface area contributed by atoms with E-state index in [-0.39, 0.29) is 23.8 Å². The summed E-state index contributed by atoms with van der Waals surface area (Å²) in [7, 11) is 0. The van der Waals surface area contributed by atoms with Gasteiger partial charge in [0.1, 0.15) is 5.69 Å². The molecule has 132 valence electrons. The largest absolute Gasteiger partial charge is 0.350 e. The molecular formula is C19H22ClN3O2. The smallest absolute Gasteiger partial charge is 0.270 e. The molecule has 0 radical (unpaired) electrons. The van der Waals surface area contributed by atoms with Gasteiger partial charge in [-0.3, -0.25) is 9.59 Å². The third-order valence-corrected chi connectivity index (χ3v) is 5.72. The van der Waals surface area contributed by atoms with Crippen molar-refractivity contribution in [1.82, 2.24) is 14.8 Å². The quantitative estimate of drug-likeness (QED) is 0.914. The van der Waals surface area contributed by atoms with E-state index in [2.05, 4.69) is 11.9 Å². The Hall–Kier alpha value is -2.01. The highest BCUT2D eigenvalue weighted by Crippen LogP contribution is 2.31. The lowest BCUT2D eigenvalue weighted by molar-refractivity contribution is -0.139. The maximum atomic E-state index is 13.0. The highest BCUT2D eigenvalue weighted by atomic mass is 35.5. The molecule has 2 bridgehead atoms. The molecule has 1 N–H and O–H groups in total. The van der Waals surface area contributed by atoms with Gasteiger partial charge in [0, 0.05) is 41.6 Å². The van der Waals surface area contributed by atoms with E-state index < -0.39 is 0 Å². The van der Waals surface area contributed by atoms with E-state index in [0.29, 0.717) is 23.8 Å². The molecule has 3 aliphatic heterocycles. The Morgan fingerprint density at radius 1 is 1.32 bits per heavy atom. The molecule has 1 aromatic carbocycles. The van der Waals surface area contributed by atoms with Crippen molar-refractivity contribution in [2.24, 2.45) is 5.92 Å². The standard InChI is InChI=1S/C19H22ClN3O2/c1-2-8-23-13-7-6-12(18(23)24)10-22(11-13)19(25)17-9-14-15(20)4-3-5-16(14)21-17/h3-5,9,12-13,21H,2,6-8,10-11H2,1H3/t12-,13+/m0/s1. The fourth-order valence-electron chi connectivity index (χ4n) is 4.14. The minimum Gasteiger partial charge on any atom is -0.350 e. The SMILES string of the molecule is CCCN1C(=O)[C@H]2CC[C@@H]1CN(C(=O)c1cc3c(Cl)cccc3[nH]1)C2. The molecule has 4 heterocycles. The third kappa shape index (κ3) is 2.80. The number of fused-ring (bicyclic) bond motifs is 5. The average molecular weight is 360 g/mol. The van der Waals surface area contributed by atoms with Crippen LogP contribution in [-0.4, -0.2) is 52.3 Å². The number of aromatic amines is 1. The van der Waals surface area contributed by atoms with Crippen molar-refractivity contribution in [2.45, 2.75) is 32.2 Å². The molecule has 1 aromatic heterocycles. The predicted molar refractivity (Wildman–Crippen MR) is 97.7 cm³/mol. The lowest BCUT2D eigenvalue weighted by Crippen LogP contribution is -2.48. The number of H-pyrrole nitrogens is 1. The van der Waals surface area contributed by atoms with Crippen LogP contribution in [0.25, 0.3) is 10.9 Å². The summed E-state index contributed by atoms with van der Waals surface area (Å²) in [5, 5.41) is 1.49. The van der Waals surface area contributed by atoms with E-state index in [4.69, 9.17) is 11.6 Å². The monoisotopic (exact) mass is 359 g/mol. The number of amides is 2. The van der Waals surface area contributed by atoms with Crippen LogP contribution >= 0.6 is 11.6 Å². The van der Waals surface area contributed by atoms with Crippen LogP contribution in [0.15, 0.2) is 24.3 Å². The molecule has 25 heavy (non-hydrogen) atoms. The van der Waals surface area contributed by atoms with Gasteiger partial charge in [0.15, 0.2) is 0 Å². The van der Waals surface area contributed by atoms with Gasteiger partial charge in [-0.1, -0.05) is 24.6 Å². The van der Waals surface area contributed by atoms with Crippen LogP contribution in [0.2, 0.25) is 5.02 Å². The second-order valence-electron chi connectivity index (χ2n) is 7.05. The van der Waals surface area contributed by atoms with Gasteiger partial charge in [0.05, 0.1) is 5.92 Å². The molecule has 0 spiro atoms. The van der Waals surface area contributed by atoms with E-state index in [1.165, 1.54) is 0 Å². The second kappa shape index (κ2) is 6.37. The Labute approximate surface area is 151 Å². The Kier molecular flexibility index (Phi) is 4.20. The number of aromatic nitrogens is 1. The van der Waals surface area contributed by atoms with E-state index >= 15 is 0 Å². The number of carbonyl (C=O) groups is 2. The normalized spacial score (nSPS) is 23.4. The van der Waals surface area contributed by atoms with Gasteiger partial charge >= 0.3 is 0 Å². The zero-order valence-corrected chi connectivity index (χ0v) is 15.1. The molecular weight excluding hydrogens is 338 g/mol. The van der Waals surface area contributed by atoms with Gasteiger partial charge in [-0.25, -0.2) is 0 Å². The lowest BCUT2D eigenvalue weighted by atomic mass is 9.94. The van der Waals surface area contributed by atoms with Crippen molar-refractivity contribution in [2.75, 3.05) is 19.6 Å². The summed E-state index contributed by atoms with van der Waals surface area (Å²) in [4.78, 5) is 32.7. The molecule has 3 saturated heterocycles. The van der Waals surface area contributed by atoms with Crippen LogP contribution in [0, 0.1) is 5.92 Å². The van der Waals surface area contributed by atoms with E-state index in [1.54, 1.807) is 0 Å².